The Morgan fingerprint density at radius 2 is 1.97 bits per heavy atom. The molecule has 152 valence electrons. The lowest BCUT2D eigenvalue weighted by atomic mass is 9.89. The van der Waals surface area contributed by atoms with Gasteiger partial charge >= 0.3 is 0 Å². The van der Waals surface area contributed by atoms with Gasteiger partial charge in [-0.1, -0.05) is 43.5 Å². The second-order valence-corrected chi connectivity index (χ2v) is 7.99. The molecular weight excluding hydrogens is 360 g/mol. The van der Waals surface area contributed by atoms with Gasteiger partial charge in [-0.3, -0.25) is 9.78 Å². The molecule has 0 aliphatic heterocycles. The molecule has 4 rings (SSSR count). The average Bonchev–Trinajstić information content (AvgIpc) is 3.18. The van der Waals surface area contributed by atoms with Crippen molar-refractivity contribution < 1.29 is 4.79 Å². The highest BCUT2D eigenvalue weighted by Gasteiger charge is 2.13. The number of nitrogens with one attached hydrogen (secondary N) is 2. The standard InChI is InChI=1S/C24H30N4O/c29-23(27-14-13-26-16-19-6-2-1-3-7-19)18-28-15-11-20-8-4-10-22(24(20)28)21-9-5-12-25-17-21/h4-5,8-12,15,17,19,26H,1-3,6-7,13-14,16,18H2,(H,27,29). The third-order valence-corrected chi connectivity index (χ3v) is 5.86. The average molecular weight is 391 g/mol. The molecule has 1 aliphatic rings. The van der Waals surface area contributed by atoms with E-state index in [4.69, 9.17) is 0 Å². The fourth-order valence-corrected chi connectivity index (χ4v) is 4.35. The SMILES string of the molecule is O=C(Cn1ccc2cccc(-c3cccnc3)c21)NCCNCC1CCCCC1. The van der Waals surface area contributed by atoms with Gasteiger partial charge in [-0.15, -0.1) is 0 Å². The van der Waals surface area contributed by atoms with E-state index in [1.54, 1.807) is 6.20 Å². The minimum absolute atomic E-state index is 0.0444. The maximum absolute atomic E-state index is 12.5. The van der Waals surface area contributed by atoms with E-state index in [0.717, 1.165) is 41.0 Å². The molecular formula is C24H30N4O. The fourth-order valence-electron chi connectivity index (χ4n) is 4.35. The minimum Gasteiger partial charge on any atom is -0.353 e. The van der Waals surface area contributed by atoms with Crippen LogP contribution in [0.2, 0.25) is 0 Å². The number of fused-ring (bicyclic) bond motifs is 1. The van der Waals surface area contributed by atoms with Gasteiger partial charge in [0, 0.05) is 48.2 Å². The molecule has 0 saturated heterocycles. The summed E-state index contributed by atoms with van der Waals surface area (Å²) in [5.74, 6) is 0.861. The van der Waals surface area contributed by atoms with Gasteiger partial charge in [0.2, 0.25) is 5.91 Å². The van der Waals surface area contributed by atoms with Gasteiger partial charge in [0.05, 0.1) is 5.52 Å². The monoisotopic (exact) mass is 390 g/mol. The molecule has 1 amide bonds. The summed E-state index contributed by atoms with van der Waals surface area (Å²) in [5, 5.41) is 7.68. The molecule has 1 aliphatic carbocycles. The first-order valence-electron chi connectivity index (χ1n) is 10.8. The lowest BCUT2D eigenvalue weighted by Gasteiger charge is -2.21. The van der Waals surface area contributed by atoms with Crippen LogP contribution in [0, 0.1) is 5.92 Å². The first-order valence-corrected chi connectivity index (χ1v) is 10.8. The van der Waals surface area contributed by atoms with Crippen molar-refractivity contribution in [2.75, 3.05) is 19.6 Å². The normalized spacial score (nSPS) is 14.9. The number of nitrogens with zero attached hydrogens (tertiary/aromatic N) is 2. The molecule has 2 N–H and O–H groups in total. The number of hydrogen-bond acceptors (Lipinski definition) is 3. The first kappa shape index (κ1) is 19.6. The number of benzene rings is 1. The van der Waals surface area contributed by atoms with Crippen molar-refractivity contribution >= 4 is 16.8 Å². The van der Waals surface area contributed by atoms with Gasteiger partial charge in [0.15, 0.2) is 0 Å². The largest absolute Gasteiger partial charge is 0.353 e. The molecule has 5 nitrogen and oxygen atoms in total. The molecule has 0 unspecified atom stereocenters. The molecule has 1 saturated carbocycles. The lowest BCUT2D eigenvalue weighted by molar-refractivity contribution is -0.121. The Morgan fingerprint density at radius 3 is 2.79 bits per heavy atom. The number of pyridine rings is 1. The smallest absolute Gasteiger partial charge is 0.239 e. The highest BCUT2D eigenvalue weighted by Crippen LogP contribution is 2.29. The van der Waals surface area contributed by atoms with Crippen molar-refractivity contribution in [1.82, 2.24) is 20.2 Å². The second kappa shape index (κ2) is 9.70. The molecule has 0 radical (unpaired) electrons. The zero-order chi connectivity index (χ0) is 19.9. The summed E-state index contributed by atoms with van der Waals surface area (Å²) in [6.07, 6.45) is 12.5. The molecule has 1 aromatic carbocycles. The Labute approximate surface area is 172 Å². The maximum atomic E-state index is 12.5. The van der Waals surface area contributed by atoms with E-state index in [-0.39, 0.29) is 5.91 Å². The van der Waals surface area contributed by atoms with Crippen molar-refractivity contribution in [1.29, 1.82) is 0 Å². The van der Waals surface area contributed by atoms with Crippen LogP contribution in [0.4, 0.5) is 0 Å². The summed E-state index contributed by atoms with van der Waals surface area (Å²) in [6.45, 7) is 2.89. The topological polar surface area (TPSA) is 59.0 Å². The summed E-state index contributed by atoms with van der Waals surface area (Å²) in [6, 6.07) is 12.3. The van der Waals surface area contributed by atoms with Crippen molar-refractivity contribution in [3.63, 3.8) is 0 Å². The summed E-state index contributed by atoms with van der Waals surface area (Å²) >= 11 is 0. The predicted octanol–water partition coefficient (Wildman–Crippen LogP) is 3.99. The van der Waals surface area contributed by atoms with Crippen LogP contribution in [-0.4, -0.2) is 35.1 Å². The zero-order valence-corrected chi connectivity index (χ0v) is 16.9. The molecule has 0 bridgehead atoms. The molecule has 0 atom stereocenters. The molecule has 2 aromatic heterocycles. The van der Waals surface area contributed by atoms with E-state index >= 15 is 0 Å². The van der Waals surface area contributed by atoms with Crippen molar-refractivity contribution in [3.8, 4) is 11.1 Å². The predicted molar refractivity (Wildman–Crippen MR) is 118 cm³/mol. The summed E-state index contributed by atoms with van der Waals surface area (Å²) < 4.78 is 2.03. The molecule has 5 heteroatoms. The van der Waals surface area contributed by atoms with Crippen LogP contribution >= 0.6 is 0 Å². The van der Waals surface area contributed by atoms with Crippen molar-refractivity contribution in [3.05, 3.63) is 55.0 Å². The molecule has 2 heterocycles. The molecule has 29 heavy (non-hydrogen) atoms. The number of para-hydroxylation sites is 1. The Balaban J connectivity index is 1.32. The van der Waals surface area contributed by atoms with Gasteiger partial charge in [0.1, 0.15) is 6.54 Å². The van der Waals surface area contributed by atoms with Gasteiger partial charge in [0.25, 0.3) is 0 Å². The third-order valence-electron chi connectivity index (χ3n) is 5.86. The van der Waals surface area contributed by atoms with Crippen LogP contribution in [0.3, 0.4) is 0 Å². The quantitative estimate of drug-likeness (QED) is 0.572. The Morgan fingerprint density at radius 1 is 1.07 bits per heavy atom. The van der Waals surface area contributed by atoms with Crippen LogP contribution < -0.4 is 10.6 Å². The highest BCUT2D eigenvalue weighted by atomic mass is 16.1. The second-order valence-electron chi connectivity index (χ2n) is 7.99. The lowest BCUT2D eigenvalue weighted by Crippen LogP contribution is -2.35. The highest BCUT2D eigenvalue weighted by molar-refractivity contribution is 5.95. The molecule has 0 spiro atoms. The number of rotatable bonds is 8. The van der Waals surface area contributed by atoms with Crippen molar-refractivity contribution in [2.24, 2.45) is 5.92 Å². The maximum Gasteiger partial charge on any atom is 0.239 e. The van der Waals surface area contributed by atoms with Gasteiger partial charge in [-0.2, -0.15) is 0 Å². The van der Waals surface area contributed by atoms with Crippen LogP contribution in [0.1, 0.15) is 32.1 Å². The first-order chi connectivity index (χ1) is 14.3. The van der Waals surface area contributed by atoms with E-state index in [1.165, 1.54) is 32.1 Å². The number of carbonyl (C=O) groups is 1. The number of aromatic nitrogens is 2. The summed E-state index contributed by atoms with van der Waals surface area (Å²) in [7, 11) is 0. The summed E-state index contributed by atoms with van der Waals surface area (Å²) in [5.41, 5.74) is 3.24. The van der Waals surface area contributed by atoms with Crippen LogP contribution in [-0.2, 0) is 11.3 Å². The molecule has 3 aromatic rings. The van der Waals surface area contributed by atoms with Crippen LogP contribution in [0.25, 0.3) is 22.0 Å². The molecule has 1 fully saturated rings. The van der Waals surface area contributed by atoms with Gasteiger partial charge < -0.3 is 15.2 Å². The fraction of sp³-hybridized carbons (Fsp3) is 0.417. The minimum atomic E-state index is 0.0444. The Kier molecular flexibility index (Phi) is 6.57. The third kappa shape index (κ3) is 5.04. The van der Waals surface area contributed by atoms with Crippen molar-refractivity contribution in [2.45, 2.75) is 38.6 Å². The van der Waals surface area contributed by atoms with Gasteiger partial charge in [-0.05, 0) is 37.4 Å². The van der Waals surface area contributed by atoms with E-state index in [2.05, 4.69) is 39.9 Å². The van der Waals surface area contributed by atoms with Crippen LogP contribution in [0.15, 0.2) is 55.0 Å². The Bertz CT molecular complexity index is 928. The Hall–Kier alpha value is -2.66. The summed E-state index contributed by atoms with van der Waals surface area (Å²) in [4.78, 5) is 16.7. The number of carbonyl (C=O) groups excluding carboxylic acids is 1. The zero-order valence-electron chi connectivity index (χ0n) is 16.9. The van der Waals surface area contributed by atoms with E-state index < -0.39 is 0 Å². The van der Waals surface area contributed by atoms with E-state index in [1.807, 2.05) is 29.1 Å². The van der Waals surface area contributed by atoms with E-state index in [9.17, 15) is 4.79 Å². The van der Waals surface area contributed by atoms with Gasteiger partial charge in [-0.25, -0.2) is 0 Å². The number of amides is 1. The van der Waals surface area contributed by atoms with E-state index in [0.29, 0.717) is 13.1 Å². The number of hydrogen-bond donors (Lipinski definition) is 2. The van der Waals surface area contributed by atoms with Crippen LogP contribution in [0.5, 0.6) is 0 Å².